The number of halogens is 2. The summed E-state index contributed by atoms with van der Waals surface area (Å²) in [7, 11) is 0. The highest BCUT2D eigenvalue weighted by Crippen LogP contribution is 2.27. The zero-order valence-corrected chi connectivity index (χ0v) is 18.8. The van der Waals surface area contributed by atoms with Crippen LogP contribution < -0.4 is 15.2 Å². The molecule has 164 valence electrons. The van der Waals surface area contributed by atoms with Crippen LogP contribution in [-0.4, -0.2) is 19.4 Å². The second-order valence-electron chi connectivity index (χ2n) is 7.34. The molecule has 33 heavy (non-hydrogen) atoms. The minimum absolute atomic E-state index is 0.0117. The Hall–Kier alpha value is -3.69. The molecule has 0 bridgehead atoms. The van der Waals surface area contributed by atoms with E-state index in [-0.39, 0.29) is 17.9 Å². The van der Waals surface area contributed by atoms with Crippen molar-refractivity contribution in [2.75, 3.05) is 0 Å². The van der Waals surface area contributed by atoms with Crippen LogP contribution >= 0.6 is 22.9 Å². The average Bonchev–Trinajstić information content (AvgIpc) is 3.22. The molecule has 0 aliphatic rings. The van der Waals surface area contributed by atoms with E-state index in [0.29, 0.717) is 21.2 Å². The van der Waals surface area contributed by atoms with Crippen molar-refractivity contribution in [2.24, 2.45) is 0 Å². The van der Waals surface area contributed by atoms with Gasteiger partial charge in [0.2, 0.25) is 0 Å². The van der Waals surface area contributed by atoms with Gasteiger partial charge in [0.1, 0.15) is 12.1 Å². The number of hydrogen-bond donors (Lipinski definition) is 0. The van der Waals surface area contributed by atoms with Gasteiger partial charge in [-0.15, -0.1) is 11.3 Å². The summed E-state index contributed by atoms with van der Waals surface area (Å²) in [6.07, 6.45) is 5.38. The molecule has 0 saturated heterocycles. The first-order valence-corrected chi connectivity index (χ1v) is 11.0. The quantitative estimate of drug-likeness (QED) is 0.369. The van der Waals surface area contributed by atoms with Crippen molar-refractivity contribution in [2.45, 2.75) is 13.5 Å². The van der Waals surface area contributed by atoms with Gasteiger partial charge in [-0.25, -0.2) is 28.7 Å². The molecule has 0 atom stereocenters. The highest BCUT2D eigenvalue weighted by atomic mass is 35.5. The molecule has 5 rings (SSSR count). The maximum atomic E-state index is 13.7. The van der Waals surface area contributed by atoms with E-state index in [9.17, 15) is 14.3 Å². The van der Waals surface area contributed by atoms with Crippen LogP contribution in [0.4, 0.5) is 4.39 Å². The Kier molecular flexibility index (Phi) is 5.35. The predicted molar refractivity (Wildman–Crippen MR) is 121 cm³/mol. The number of benzene rings is 1. The number of fused-ring (bicyclic) bond motifs is 1. The van der Waals surface area contributed by atoms with Gasteiger partial charge in [0.25, 0.3) is 5.65 Å². The highest BCUT2D eigenvalue weighted by Gasteiger charge is 2.23. The summed E-state index contributed by atoms with van der Waals surface area (Å²) in [6.45, 7) is 2.06. The van der Waals surface area contributed by atoms with Gasteiger partial charge in [-0.1, -0.05) is 29.8 Å². The maximum absolute atomic E-state index is 13.7. The molecule has 0 fully saturated rings. The molecule has 1 aromatic carbocycles. The molecular formula is C23H15ClFN5O2S. The van der Waals surface area contributed by atoms with Gasteiger partial charge in [0, 0.05) is 17.3 Å². The average molecular weight is 480 g/mol. The first-order chi connectivity index (χ1) is 15.9. The normalized spacial score (nSPS) is 11.2. The molecule has 5 aromatic rings. The Morgan fingerprint density at radius 3 is 2.61 bits per heavy atom. The molecule has 0 saturated carbocycles. The van der Waals surface area contributed by atoms with Gasteiger partial charge in [-0.3, -0.25) is 0 Å². The second-order valence-corrected chi connectivity index (χ2v) is 9.04. The fraction of sp³-hybridized carbons (Fsp3) is 0.0870. The van der Waals surface area contributed by atoms with E-state index in [2.05, 4.69) is 15.0 Å². The van der Waals surface area contributed by atoms with Gasteiger partial charge < -0.3 is 5.11 Å². The Morgan fingerprint density at radius 1 is 1.12 bits per heavy atom. The summed E-state index contributed by atoms with van der Waals surface area (Å²) in [5.74, 6) is -0.699. The SMILES string of the molecule is Cc1cccn2c(=O)c(-c3cccc(-c4ncc(F)cn4)c3)c([O-])[n+](Cc3cnc(Cl)s3)c12. The summed E-state index contributed by atoms with van der Waals surface area (Å²) >= 11 is 7.26. The number of rotatable bonds is 4. The second kappa shape index (κ2) is 8.34. The van der Waals surface area contributed by atoms with Crippen molar-refractivity contribution in [1.29, 1.82) is 0 Å². The lowest BCUT2D eigenvalue weighted by atomic mass is 10.0. The summed E-state index contributed by atoms with van der Waals surface area (Å²) in [6, 6.07) is 10.4. The van der Waals surface area contributed by atoms with E-state index in [4.69, 9.17) is 11.6 Å². The van der Waals surface area contributed by atoms with Crippen LogP contribution in [0.3, 0.4) is 0 Å². The molecule has 0 radical (unpaired) electrons. The third-order valence-electron chi connectivity index (χ3n) is 5.18. The van der Waals surface area contributed by atoms with E-state index in [1.807, 2.05) is 13.0 Å². The van der Waals surface area contributed by atoms with E-state index in [0.717, 1.165) is 22.8 Å². The van der Waals surface area contributed by atoms with Crippen LogP contribution in [0.5, 0.6) is 5.88 Å². The molecule has 4 heterocycles. The fourth-order valence-electron chi connectivity index (χ4n) is 3.74. The zero-order chi connectivity index (χ0) is 23.1. The van der Waals surface area contributed by atoms with Crippen LogP contribution in [0.25, 0.3) is 28.2 Å². The topological polar surface area (TPSA) is 87.1 Å². The largest absolute Gasteiger partial charge is 0.842 e. The Labute approximate surface area is 196 Å². The van der Waals surface area contributed by atoms with Crippen molar-refractivity contribution in [3.63, 3.8) is 0 Å². The van der Waals surface area contributed by atoms with Crippen LogP contribution in [0, 0.1) is 12.7 Å². The molecule has 10 heteroatoms. The Morgan fingerprint density at radius 2 is 1.88 bits per heavy atom. The van der Waals surface area contributed by atoms with Crippen LogP contribution in [0.15, 0.2) is 66.0 Å². The molecule has 0 aliphatic heterocycles. The van der Waals surface area contributed by atoms with Crippen LogP contribution in [0.1, 0.15) is 10.4 Å². The minimum Gasteiger partial charge on any atom is -0.842 e. The standard InChI is InChI=1S/C23H15ClFN5O2S/c1-13-4-3-7-29-20(13)30(12-17-11-28-23(24)33-17)22(32)18(21(29)31)14-5-2-6-15(8-14)19-26-9-16(25)10-27-19/h2-11H,12H2,1H3. The number of thiazole rings is 1. The first-order valence-electron chi connectivity index (χ1n) is 9.86. The maximum Gasteiger partial charge on any atom is 0.349 e. The summed E-state index contributed by atoms with van der Waals surface area (Å²) in [5.41, 5.74) is 1.83. The molecule has 7 nitrogen and oxygen atoms in total. The van der Waals surface area contributed by atoms with E-state index < -0.39 is 17.3 Å². The highest BCUT2D eigenvalue weighted by molar-refractivity contribution is 7.15. The lowest BCUT2D eigenvalue weighted by Gasteiger charge is -2.17. The number of nitrogens with zero attached hydrogens (tertiary/aromatic N) is 5. The van der Waals surface area contributed by atoms with Gasteiger partial charge in [0.05, 0.1) is 29.3 Å². The minimum atomic E-state index is -0.552. The van der Waals surface area contributed by atoms with Gasteiger partial charge in [-0.2, -0.15) is 4.40 Å². The number of hydrogen-bond acceptors (Lipinski definition) is 6. The summed E-state index contributed by atoms with van der Waals surface area (Å²) in [5, 5.41) is 13.7. The van der Waals surface area contributed by atoms with Gasteiger partial charge in [-0.05, 0) is 30.7 Å². The molecule has 0 unspecified atom stereocenters. The monoisotopic (exact) mass is 479 g/mol. The third kappa shape index (κ3) is 3.85. The van der Waals surface area contributed by atoms with Crippen molar-refractivity contribution >= 4 is 28.6 Å². The number of aromatic nitrogens is 5. The van der Waals surface area contributed by atoms with Crippen LogP contribution in [0.2, 0.25) is 4.47 Å². The number of aryl methyl sites for hydroxylation is 1. The van der Waals surface area contributed by atoms with Gasteiger partial charge in [0.15, 0.2) is 16.1 Å². The lowest BCUT2D eigenvalue weighted by molar-refractivity contribution is -0.707. The fourth-order valence-corrected chi connectivity index (χ4v) is 4.71. The molecule has 0 amide bonds. The molecular weight excluding hydrogens is 465 g/mol. The van der Waals surface area contributed by atoms with E-state index in [1.54, 1.807) is 47.3 Å². The van der Waals surface area contributed by atoms with E-state index in [1.165, 1.54) is 15.7 Å². The zero-order valence-electron chi connectivity index (χ0n) is 17.2. The first kappa shape index (κ1) is 21.2. The van der Waals surface area contributed by atoms with Gasteiger partial charge >= 0.3 is 5.56 Å². The van der Waals surface area contributed by atoms with Crippen molar-refractivity contribution < 1.29 is 14.1 Å². The summed E-state index contributed by atoms with van der Waals surface area (Å²) < 4.78 is 16.6. The summed E-state index contributed by atoms with van der Waals surface area (Å²) in [4.78, 5) is 26.3. The van der Waals surface area contributed by atoms with Crippen molar-refractivity contribution in [3.05, 3.63) is 92.3 Å². The third-order valence-corrected chi connectivity index (χ3v) is 6.28. The van der Waals surface area contributed by atoms with Crippen molar-refractivity contribution in [3.8, 4) is 28.4 Å². The van der Waals surface area contributed by atoms with E-state index >= 15 is 0 Å². The predicted octanol–water partition coefficient (Wildman–Crippen LogP) is 3.39. The van der Waals surface area contributed by atoms with Crippen molar-refractivity contribution in [1.82, 2.24) is 19.4 Å². The van der Waals surface area contributed by atoms with Crippen LogP contribution in [-0.2, 0) is 6.54 Å². The Balaban J connectivity index is 1.75. The molecule has 0 N–H and O–H groups in total. The lowest BCUT2D eigenvalue weighted by Crippen LogP contribution is -2.44. The molecule has 0 spiro atoms. The molecule has 4 aromatic heterocycles. The number of pyridine rings is 1. The molecule has 0 aliphatic carbocycles. The smallest absolute Gasteiger partial charge is 0.349 e. The Bertz CT molecular complexity index is 1570.